The fourth-order valence-electron chi connectivity index (χ4n) is 1.49. The number of fused-ring (bicyclic) bond motifs is 1. The summed E-state index contributed by atoms with van der Waals surface area (Å²) in [7, 11) is 1.90. The number of rotatable bonds is 2. The molecule has 0 amide bonds. The SMILES string of the molecule is CNCc1cnc2c(Cl)c(Cl)ccc2c1. The number of nitrogens with one attached hydrogen (secondary N) is 1. The van der Waals surface area contributed by atoms with Gasteiger partial charge in [-0.2, -0.15) is 0 Å². The van der Waals surface area contributed by atoms with E-state index >= 15 is 0 Å². The summed E-state index contributed by atoms with van der Waals surface area (Å²) in [5, 5.41) is 5.15. The molecule has 0 spiro atoms. The van der Waals surface area contributed by atoms with Crippen LogP contribution in [0.4, 0.5) is 0 Å². The number of pyridine rings is 1. The summed E-state index contributed by atoms with van der Waals surface area (Å²) < 4.78 is 0. The lowest BCUT2D eigenvalue weighted by Gasteiger charge is -2.04. The van der Waals surface area contributed by atoms with E-state index in [9.17, 15) is 0 Å². The van der Waals surface area contributed by atoms with E-state index in [1.165, 1.54) is 0 Å². The fraction of sp³-hybridized carbons (Fsp3) is 0.182. The van der Waals surface area contributed by atoms with Crippen molar-refractivity contribution in [3.05, 3.63) is 40.0 Å². The van der Waals surface area contributed by atoms with E-state index in [0.29, 0.717) is 10.0 Å². The zero-order chi connectivity index (χ0) is 10.8. The largest absolute Gasteiger partial charge is 0.316 e. The maximum Gasteiger partial charge on any atom is 0.0903 e. The molecule has 0 aliphatic rings. The quantitative estimate of drug-likeness (QED) is 0.872. The van der Waals surface area contributed by atoms with Crippen LogP contribution in [0.15, 0.2) is 24.4 Å². The first kappa shape index (κ1) is 10.7. The highest BCUT2D eigenvalue weighted by Gasteiger charge is 2.05. The molecule has 0 aliphatic heterocycles. The van der Waals surface area contributed by atoms with Crippen LogP contribution in [0.3, 0.4) is 0 Å². The van der Waals surface area contributed by atoms with Gasteiger partial charge in [-0.05, 0) is 24.7 Å². The van der Waals surface area contributed by atoms with E-state index in [4.69, 9.17) is 23.2 Å². The second-order valence-corrected chi connectivity index (χ2v) is 4.09. The first-order valence-electron chi connectivity index (χ1n) is 4.59. The smallest absolute Gasteiger partial charge is 0.0903 e. The second kappa shape index (κ2) is 4.35. The van der Waals surface area contributed by atoms with Gasteiger partial charge in [-0.3, -0.25) is 4.98 Å². The molecule has 4 heteroatoms. The molecular weight excluding hydrogens is 231 g/mol. The predicted octanol–water partition coefficient (Wildman–Crippen LogP) is 3.26. The van der Waals surface area contributed by atoms with Gasteiger partial charge in [-0.15, -0.1) is 0 Å². The average molecular weight is 241 g/mol. The van der Waals surface area contributed by atoms with E-state index < -0.39 is 0 Å². The Kier molecular flexibility index (Phi) is 3.10. The van der Waals surface area contributed by atoms with Gasteiger partial charge in [-0.25, -0.2) is 0 Å². The Labute approximate surface area is 98.2 Å². The normalized spacial score (nSPS) is 10.9. The van der Waals surface area contributed by atoms with Gasteiger partial charge in [0.15, 0.2) is 0 Å². The number of hydrogen-bond acceptors (Lipinski definition) is 2. The molecule has 1 heterocycles. The molecule has 0 aliphatic carbocycles. The molecule has 0 saturated heterocycles. The Balaban J connectivity index is 2.59. The Hall–Kier alpha value is -0.830. The van der Waals surface area contributed by atoms with Crippen molar-refractivity contribution in [2.45, 2.75) is 6.54 Å². The Morgan fingerprint density at radius 3 is 2.87 bits per heavy atom. The van der Waals surface area contributed by atoms with Crippen LogP contribution in [-0.2, 0) is 6.54 Å². The van der Waals surface area contributed by atoms with E-state index in [1.54, 1.807) is 12.3 Å². The first-order chi connectivity index (χ1) is 7.22. The van der Waals surface area contributed by atoms with Crippen molar-refractivity contribution in [2.75, 3.05) is 7.05 Å². The highest BCUT2D eigenvalue weighted by atomic mass is 35.5. The van der Waals surface area contributed by atoms with E-state index in [1.807, 2.05) is 13.1 Å². The van der Waals surface area contributed by atoms with Gasteiger partial charge in [0.05, 0.1) is 15.6 Å². The summed E-state index contributed by atoms with van der Waals surface area (Å²) in [4.78, 5) is 4.30. The predicted molar refractivity (Wildman–Crippen MR) is 64.5 cm³/mol. The van der Waals surface area contributed by atoms with Gasteiger partial charge in [0.25, 0.3) is 0 Å². The van der Waals surface area contributed by atoms with Crippen molar-refractivity contribution in [1.82, 2.24) is 10.3 Å². The molecule has 1 aromatic heterocycles. The molecular formula is C11H10Cl2N2. The molecule has 0 bridgehead atoms. The Morgan fingerprint density at radius 2 is 2.13 bits per heavy atom. The van der Waals surface area contributed by atoms with Crippen molar-refractivity contribution in [1.29, 1.82) is 0 Å². The molecule has 1 aromatic carbocycles. The second-order valence-electron chi connectivity index (χ2n) is 3.31. The maximum atomic E-state index is 6.05. The Morgan fingerprint density at radius 1 is 1.33 bits per heavy atom. The number of hydrogen-bond donors (Lipinski definition) is 1. The molecule has 0 saturated carbocycles. The van der Waals surface area contributed by atoms with Crippen LogP contribution < -0.4 is 5.32 Å². The monoisotopic (exact) mass is 240 g/mol. The molecule has 1 N–H and O–H groups in total. The summed E-state index contributed by atoms with van der Waals surface area (Å²) in [6, 6.07) is 5.77. The number of aromatic nitrogens is 1. The minimum Gasteiger partial charge on any atom is -0.316 e. The molecule has 78 valence electrons. The van der Waals surface area contributed by atoms with Crippen molar-refractivity contribution in [2.24, 2.45) is 0 Å². The summed E-state index contributed by atoms with van der Waals surface area (Å²) >= 11 is 11.9. The van der Waals surface area contributed by atoms with Gasteiger partial charge in [0, 0.05) is 18.1 Å². The van der Waals surface area contributed by atoms with Crippen molar-refractivity contribution < 1.29 is 0 Å². The van der Waals surface area contributed by atoms with Crippen LogP contribution in [0.2, 0.25) is 10.0 Å². The summed E-state index contributed by atoms with van der Waals surface area (Å²) in [5.41, 5.74) is 1.88. The number of benzene rings is 1. The van der Waals surface area contributed by atoms with E-state index in [0.717, 1.165) is 23.0 Å². The lowest BCUT2D eigenvalue weighted by Crippen LogP contribution is -2.05. The van der Waals surface area contributed by atoms with Crippen LogP contribution in [0.5, 0.6) is 0 Å². The van der Waals surface area contributed by atoms with Crippen molar-refractivity contribution in [3.63, 3.8) is 0 Å². The first-order valence-corrected chi connectivity index (χ1v) is 5.35. The zero-order valence-corrected chi connectivity index (χ0v) is 9.73. The lowest BCUT2D eigenvalue weighted by molar-refractivity contribution is 0.815. The molecule has 2 rings (SSSR count). The fourth-order valence-corrected chi connectivity index (χ4v) is 1.86. The molecule has 0 unspecified atom stereocenters. The topological polar surface area (TPSA) is 24.9 Å². The van der Waals surface area contributed by atoms with Crippen LogP contribution in [-0.4, -0.2) is 12.0 Å². The minimum atomic E-state index is 0.519. The number of nitrogens with zero attached hydrogens (tertiary/aromatic N) is 1. The average Bonchev–Trinajstić information content (AvgIpc) is 2.24. The van der Waals surface area contributed by atoms with Crippen LogP contribution in [0, 0.1) is 0 Å². The highest BCUT2D eigenvalue weighted by molar-refractivity contribution is 6.44. The zero-order valence-electron chi connectivity index (χ0n) is 8.22. The molecule has 15 heavy (non-hydrogen) atoms. The third kappa shape index (κ3) is 2.07. The molecule has 0 fully saturated rings. The molecule has 2 aromatic rings. The van der Waals surface area contributed by atoms with E-state index in [2.05, 4.69) is 16.4 Å². The van der Waals surface area contributed by atoms with Crippen LogP contribution in [0.1, 0.15) is 5.56 Å². The van der Waals surface area contributed by atoms with Gasteiger partial charge in [0.2, 0.25) is 0 Å². The third-order valence-electron chi connectivity index (χ3n) is 2.18. The van der Waals surface area contributed by atoms with E-state index in [-0.39, 0.29) is 0 Å². The Bertz CT molecular complexity index is 497. The summed E-state index contributed by atoms with van der Waals surface area (Å²) in [6.45, 7) is 0.795. The summed E-state index contributed by atoms with van der Waals surface area (Å²) in [6.07, 6.45) is 1.81. The van der Waals surface area contributed by atoms with Crippen molar-refractivity contribution >= 4 is 34.1 Å². The number of halogens is 2. The summed E-state index contributed by atoms with van der Waals surface area (Å²) in [5.74, 6) is 0. The van der Waals surface area contributed by atoms with Gasteiger partial charge >= 0.3 is 0 Å². The van der Waals surface area contributed by atoms with Gasteiger partial charge in [0.1, 0.15) is 0 Å². The highest BCUT2D eigenvalue weighted by Crippen LogP contribution is 2.29. The maximum absolute atomic E-state index is 6.05. The molecule has 0 radical (unpaired) electrons. The lowest BCUT2D eigenvalue weighted by atomic mass is 10.1. The third-order valence-corrected chi connectivity index (χ3v) is 2.98. The van der Waals surface area contributed by atoms with Gasteiger partial charge < -0.3 is 5.32 Å². The van der Waals surface area contributed by atoms with Crippen LogP contribution >= 0.6 is 23.2 Å². The standard InChI is InChI=1S/C11H10Cl2N2/c1-14-5-7-4-8-2-3-9(12)10(13)11(8)15-6-7/h2-4,6,14H,5H2,1H3. The molecule has 0 atom stereocenters. The van der Waals surface area contributed by atoms with Crippen LogP contribution in [0.25, 0.3) is 10.9 Å². The minimum absolute atomic E-state index is 0.519. The van der Waals surface area contributed by atoms with Crippen molar-refractivity contribution in [3.8, 4) is 0 Å². The molecule has 2 nitrogen and oxygen atoms in total. The van der Waals surface area contributed by atoms with Gasteiger partial charge in [-0.1, -0.05) is 29.3 Å².